The summed E-state index contributed by atoms with van der Waals surface area (Å²) in [6.45, 7) is 1.83. The van der Waals surface area contributed by atoms with Crippen molar-refractivity contribution in [1.29, 1.82) is 0 Å². The number of methoxy groups -OCH3 is 1. The molecular formula is C11H14O3. The zero-order chi connectivity index (χ0) is 10.1. The first kappa shape index (κ1) is 9.31. The number of carbonyl (C=O) groups is 1. The zero-order valence-electron chi connectivity index (χ0n) is 8.45. The first-order valence-corrected chi connectivity index (χ1v) is 4.86. The molecular weight excluding hydrogens is 180 g/mol. The third kappa shape index (κ3) is 1.33. The fourth-order valence-electron chi connectivity index (χ4n) is 2.17. The van der Waals surface area contributed by atoms with Gasteiger partial charge in [-0.05, 0) is 25.8 Å². The minimum absolute atomic E-state index is 0.0536. The lowest BCUT2D eigenvalue weighted by molar-refractivity contribution is -0.136. The van der Waals surface area contributed by atoms with Gasteiger partial charge in [0.05, 0.1) is 12.7 Å². The third-order valence-corrected chi connectivity index (χ3v) is 2.83. The van der Waals surface area contributed by atoms with Crippen LogP contribution < -0.4 is 0 Å². The van der Waals surface area contributed by atoms with Gasteiger partial charge in [-0.25, -0.2) is 4.79 Å². The maximum Gasteiger partial charge on any atom is 0.337 e. The highest BCUT2D eigenvalue weighted by atomic mass is 16.5. The molecule has 0 saturated heterocycles. The lowest BCUT2D eigenvalue weighted by atomic mass is 9.86. The van der Waals surface area contributed by atoms with Crippen molar-refractivity contribution < 1.29 is 14.3 Å². The van der Waals surface area contributed by atoms with Crippen molar-refractivity contribution in [1.82, 2.24) is 0 Å². The number of hydrogen-bond acceptors (Lipinski definition) is 3. The topological polar surface area (TPSA) is 35.5 Å². The summed E-state index contributed by atoms with van der Waals surface area (Å²) in [5, 5.41) is 0. The highest BCUT2D eigenvalue weighted by Crippen LogP contribution is 2.37. The Labute approximate surface area is 83.4 Å². The first-order chi connectivity index (χ1) is 6.74. The molecule has 0 amide bonds. The molecule has 0 fully saturated rings. The van der Waals surface area contributed by atoms with Crippen molar-refractivity contribution in [3.63, 3.8) is 0 Å². The maximum atomic E-state index is 11.5. The molecule has 0 aromatic heterocycles. The van der Waals surface area contributed by atoms with Gasteiger partial charge in [0.15, 0.2) is 0 Å². The van der Waals surface area contributed by atoms with Gasteiger partial charge in [-0.15, -0.1) is 0 Å². The van der Waals surface area contributed by atoms with Crippen LogP contribution in [0.4, 0.5) is 0 Å². The van der Waals surface area contributed by atoms with Crippen molar-refractivity contribution in [2.24, 2.45) is 5.92 Å². The first-order valence-electron chi connectivity index (χ1n) is 4.86. The van der Waals surface area contributed by atoms with Gasteiger partial charge in [0.1, 0.15) is 11.9 Å². The number of allylic oxidation sites excluding steroid dienone is 2. The Balaban J connectivity index is 2.26. The average Bonchev–Trinajstić information content (AvgIpc) is 2.53. The number of esters is 1. The molecule has 1 heterocycles. The van der Waals surface area contributed by atoms with E-state index in [0.717, 1.165) is 24.2 Å². The van der Waals surface area contributed by atoms with Crippen LogP contribution >= 0.6 is 0 Å². The monoisotopic (exact) mass is 194 g/mol. The number of hydrogen-bond donors (Lipinski definition) is 0. The molecule has 0 aromatic carbocycles. The molecule has 0 saturated carbocycles. The standard InChI is InChI=1S/C11H14O3/c1-7-10(11(12)13-2)8-5-3-4-6-9(8)14-7/h4,6,8-9H,3,5H2,1-2H3/t8-,9+/m1/s1. The Morgan fingerprint density at radius 1 is 1.64 bits per heavy atom. The predicted octanol–water partition coefficient (Wildman–Crippen LogP) is 1.80. The molecule has 0 radical (unpaired) electrons. The van der Waals surface area contributed by atoms with E-state index in [1.165, 1.54) is 7.11 Å². The van der Waals surface area contributed by atoms with Crippen molar-refractivity contribution in [2.75, 3.05) is 7.11 Å². The van der Waals surface area contributed by atoms with E-state index >= 15 is 0 Å². The number of ether oxygens (including phenoxy) is 2. The Morgan fingerprint density at radius 3 is 3.14 bits per heavy atom. The second kappa shape index (κ2) is 3.48. The van der Waals surface area contributed by atoms with Gasteiger partial charge in [-0.2, -0.15) is 0 Å². The van der Waals surface area contributed by atoms with E-state index in [0.29, 0.717) is 0 Å². The van der Waals surface area contributed by atoms with Crippen LogP contribution in [-0.4, -0.2) is 19.2 Å². The van der Waals surface area contributed by atoms with Gasteiger partial charge in [0.25, 0.3) is 0 Å². The van der Waals surface area contributed by atoms with E-state index in [2.05, 4.69) is 6.08 Å². The van der Waals surface area contributed by atoms with Crippen LogP contribution in [0.5, 0.6) is 0 Å². The van der Waals surface area contributed by atoms with Gasteiger partial charge in [0.2, 0.25) is 0 Å². The van der Waals surface area contributed by atoms with Crippen molar-refractivity contribution in [2.45, 2.75) is 25.9 Å². The van der Waals surface area contributed by atoms with Gasteiger partial charge in [-0.1, -0.05) is 6.08 Å². The van der Waals surface area contributed by atoms with Crippen molar-refractivity contribution >= 4 is 5.97 Å². The van der Waals surface area contributed by atoms with Crippen LogP contribution in [0.3, 0.4) is 0 Å². The lowest BCUT2D eigenvalue weighted by Gasteiger charge is -2.20. The number of fused-ring (bicyclic) bond motifs is 1. The summed E-state index contributed by atoms with van der Waals surface area (Å²) >= 11 is 0. The second-order valence-electron chi connectivity index (χ2n) is 3.66. The Kier molecular flexibility index (Phi) is 2.32. The van der Waals surface area contributed by atoms with Crippen molar-refractivity contribution in [3.8, 4) is 0 Å². The average molecular weight is 194 g/mol. The molecule has 1 aliphatic carbocycles. The molecule has 1 aliphatic heterocycles. The van der Waals surface area contributed by atoms with Gasteiger partial charge in [0, 0.05) is 5.92 Å². The van der Waals surface area contributed by atoms with E-state index < -0.39 is 0 Å². The molecule has 2 rings (SSSR count). The summed E-state index contributed by atoms with van der Waals surface area (Å²) < 4.78 is 10.3. The lowest BCUT2D eigenvalue weighted by Crippen LogP contribution is -2.22. The van der Waals surface area contributed by atoms with Crippen LogP contribution in [0, 0.1) is 5.92 Å². The molecule has 0 bridgehead atoms. The molecule has 2 aliphatic rings. The van der Waals surface area contributed by atoms with E-state index in [9.17, 15) is 4.79 Å². The molecule has 0 unspecified atom stereocenters. The largest absolute Gasteiger partial charge is 0.490 e. The molecule has 3 nitrogen and oxygen atoms in total. The summed E-state index contributed by atoms with van der Waals surface area (Å²) in [7, 11) is 1.41. The Morgan fingerprint density at radius 2 is 2.43 bits per heavy atom. The Bertz CT molecular complexity index is 314. The number of carbonyl (C=O) groups excluding carboxylic acids is 1. The van der Waals surface area contributed by atoms with E-state index in [1.807, 2.05) is 13.0 Å². The predicted molar refractivity (Wildman–Crippen MR) is 51.5 cm³/mol. The van der Waals surface area contributed by atoms with E-state index in [1.54, 1.807) is 0 Å². The smallest absolute Gasteiger partial charge is 0.337 e. The number of rotatable bonds is 1. The Hall–Kier alpha value is -1.25. The molecule has 2 atom stereocenters. The van der Waals surface area contributed by atoms with Gasteiger partial charge in [-0.3, -0.25) is 0 Å². The summed E-state index contributed by atoms with van der Waals surface area (Å²) in [4.78, 5) is 11.5. The molecule has 0 N–H and O–H groups in total. The molecule has 0 spiro atoms. The van der Waals surface area contributed by atoms with Crippen LogP contribution in [-0.2, 0) is 14.3 Å². The fourth-order valence-corrected chi connectivity index (χ4v) is 2.17. The third-order valence-electron chi connectivity index (χ3n) is 2.83. The van der Waals surface area contributed by atoms with Gasteiger partial charge >= 0.3 is 5.97 Å². The summed E-state index contributed by atoms with van der Waals surface area (Å²) in [5.41, 5.74) is 0.724. The summed E-state index contributed by atoms with van der Waals surface area (Å²) in [5.74, 6) is 0.677. The molecule has 3 heteroatoms. The zero-order valence-corrected chi connectivity index (χ0v) is 8.45. The van der Waals surface area contributed by atoms with Crippen LogP contribution in [0.25, 0.3) is 0 Å². The van der Waals surface area contributed by atoms with Crippen molar-refractivity contribution in [3.05, 3.63) is 23.5 Å². The highest BCUT2D eigenvalue weighted by Gasteiger charge is 2.38. The van der Waals surface area contributed by atoms with E-state index in [-0.39, 0.29) is 18.0 Å². The second-order valence-corrected chi connectivity index (χ2v) is 3.66. The fraction of sp³-hybridized carbons (Fsp3) is 0.545. The molecule has 76 valence electrons. The van der Waals surface area contributed by atoms with E-state index in [4.69, 9.17) is 9.47 Å². The quantitative estimate of drug-likeness (QED) is 0.471. The summed E-state index contributed by atoms with van der Waals surface area (Å²) in [6.07, 6.45) is 6.18. The summed E-state index contributed by atoms with van der Waals surface area (Å²) in [6, 6.07) is 0. The molecule has 14 heavy (non-hydrogen) atoms. The van der Waals surface area contributed by atoms with Crippen LogP contribution in [0.15, 0.2) is 23.5 Å². The minimum Gasteiger partial charge on any atom is -0.490 e. The highest BCUT2D eigenvalue weighted by molar-refractivity contribution is 5.90. The minimum atomic E-state index is -0.245. The van der Waals surface area contributed by atoms with Crippen LogP contribution in [0.1, 0.15) is 19.8 Å². The SMILES string of the molecule is COC(=O)C1=C(C)O[C@H]2C=CCC[C@@H]12. The van der Waals surface area contributed by atoms with Crippen LogP contribution in [0.2, 0.25) is 0 Å². The van der Waals surface area contributed by atoms with Gasteiger partial charge < -0.3 is 9.47 Å². The maximum absolute atomic E-state index is 11.5. The molecule has 0 aromatic rings. The normalized spacial score (nSPS) is 29.9.